The molecule has 26 heavy (non-hydrogen) atoms. The Kier molecular flexibility index (Phi) is 9.47. The van der Waals surface area contributed by atoms with Crippen molar-refractivity contribution in [1.29, 1.82) is 0 Å². The number of nitrogens with zero attached hydrogens (tertiary/aromatic N) is 3. The summed E-state index contributed by atoms with van der Waals surface area (Å²) >= 11 is 0. The molecule has 0 aliphatic rings. The van der Waals surface area contributed by atoms with Crippen LogP contribution in [0.25, 0.3) is 0 Å². The maximum Gasteiger partial charge on any atom is 0.191 e. The number of halogens is 2. The summed E-state index contributed by atoms with van der Waals surface area (Å²) in [5, 5.41) is 6.47. The van der Waals surface area contributed by atoms with Crippen LogP contribution in [0.5, 0.6) is 0 Å². The van der Waals surface area contributed by atoms with Crippen LogP contribution in [0.4, 0.5) is 10.1 Å². The fraction of sp³-hybridized carbons (Fsp3) is 0.421. The van der Waals surface area contributed by atoms with E-state index < -0.39 is 0 Å². The van der Waals surface area contributed by atoms with Gasteiger partial charge in [0, 0.05) is 52.7 Å². The summed E-state index contributed by atoms with van der Waals surface area (Å²) in [6.07, 6.45) is 4.06. The zero-order valence-electron chi connectivity index (χ0n) is 15.9. The largest absolute Gasteiger partial charge is 0.370 e. The van der Waals surface area contributed by atoms with Gasteiger partial charge >= 0.3 is 0 Å². The first-order valence-electron chi connectivity index (χ1n) is 8.66. The van der Waals surface area contributed by atoms with Crippen molar-refractivity contribution in [2.75, 3.05) is 25.0 Å². The normalized spacial score (nSPS) is 11.0. The van der Waals surface area contributed by atoms with Crippen molar-refractivity contribution in [1.82, 2.24) is 15.2 Å². The Morgan fingerprint density at radius 1 is 1.12 bits per heavy atom. The second-order valence-corrected chi connectivity index (χ2v) is 5.92. The van der Waals surface area contributed by atoms with Crippen LogP contribution in [0, 0.1) is 5.82 Å². The first-order valence-corrected chi connectivity index (χ1v) is 8.66. The van der Waals surface area contributed by atoms with Gasteiger partial charge < -0.3 is 20.1 Å². The Bertz CT molecular complexity index is 710. The predicted octanol–water partition coefficient (Wildman–Crippen LogP) is 3.49. The highest BCUT2D eigenvalue weighted by Crippen LogP contribution is 2.20. The van der Waals surface area contributed by atoms with Crippen LogP contribution in [-0.4, -0.2) is 30.7 Å². The van der Waals surface area contributed by atoms with E-state index in [1.165, 1.54) is 5.56 Å². The quantitative estimate of drug-likeness (QED) is 0.368. The molecule has 0 atom stereocenters. The van der Waals surface area contributed by atoms with Crippen molar-refractivity contribution in [3.63, 3.8) is 0 Å². The minimum Gasteiger partial charge on any atom is -0.370 e. The summed E-state index contributed by atoms with van der Waals surface area (Å²) in [6.45, 7) is 6.85. The molecule has 2 rings (SSSR count). The van der Waals surface area contributed by atoms with E-state index in [2.05, 4.69) is 27.9 Å². The minimum atomic E-state index is -0.185. The SMILES string of the molecule is CCN(CC)c1ccc(CNC(=NC)NCc2ccn(C)c2)cc1F.I. The lowest BCUT2D eigenvalue weighted by Gasteiger charge is -2.22. The molecule has 0 saturated carbocycles. The highest BCUT2D eigenvalue weighted by molar-refractivity contribution is 14.0. The number of aliphatic imine (C=N–C) groups is 1. The predicted molar refractivity (Wildman–Crippen MR) is 118 cm³/mol. The molecule has 144 valence electrons. The van der Waals surface area contributed by atoms with Gasteiger partial charge in [-0.3, -0.25) is 4.99 Å². The van der Waals surface area contributed by atoms with Gasteiger partial charge in [0.05, 0.1) is 5.69 Å². The fourth-order valence-corrected chi connectivity index (χ4v) is 2.74. The van der Waals surface area contributed by atoms with Crippen LogP contribution in [0.1, 0.15) is 25.0 Å². The number of anilines is 1. The maximum absolute atomic E-state index is 14.3. The average Bonchev–Trinajstić information content (AvgIpc) is 3.03. The molecule has 0 saturated heterocycles. The molecule has 1 aromatic carbocycles. The molecule has 5 nitrogen and oxygen atoms in total. The van der Waals surface area contributed by atoms with Crippen LogP contribution in [0.2, 0.25) is 0 Å². The number of hydrogen-bond donors (Lipinski definition) is 2. The molecular formula is C19H29FIN5. The Hall–Kier alpha value is -1.77. The smallest absolute Gasteiger partial charge is 0.191 e. The van der Waals surface area contributed by atoms with Crippen molar-refractivity contribution in [3.8, 4) is 0 Å². The van der Waals surface area contributed by atoms with Crippen molar-refractivity contribution < 1.29 is 4.39 Å². The Balaban J connectivity index is 0.00000338. The third-order valence-corrected chi connectivity index (χ3v) is 4.15. The fourth-order valence-electron chi connectivity index (χ4n) is 2.74. The van der Waals surface area contributed by atoms with Gasteiger partial charge in [-0.1, -0.05) is 6.07 Å². The summed E-state index contributed by atoms with van der Waals surface area (Å²) in [5.41, 5.74) is 2.72. The summed E-state index contributed by atoms with van der Waals surface area (Å²) < 4.78 is 16.3. The van der Waals surface area contributed by atoms with Gasteiger partial charge in [0.1, 0.15) is 5.82 Å². The zero-order valence-corrected chi connectivity index (χ0v) is 18.3. The molecule has 0 fully saturated rings. The molecule has 0 bridgehead atoms. The van der Waals surface area contributed by atoms with E-state index in [0.717, 1.165) is 18.7 Å². The van der Waals surface area contributed by atoms with Crippen LogP contribution in [0.3, 0.4) is 0 Å². The van der Waals surface area contributed by atoms with Crippen molar-refractivity contribution >= 4 is 35.6 Å². The second-order valence-electron chi connectivity index (χ2n) is 5.92. The van der Waals surface area contributed by atoms with Crippen LogP contribution < -0.4 is 15.5 Å². The monoisotopic (exact) mass is 473 g/mol. The third-order valence-electron chi connectivity index (χ3n) is 4.15. The van der Waals surface area contributed by atoms with E-state index in [-0.39, 0.29) is 29.8 Å². The van der Waals surface area contributed by atoms with Gasteiger partial charge in [-0.05, 0) is 43.2 Å². The van der Waals surface area contributed by atoms with E-state index in [4.69, 9.17) is 0 Å². The lowest BCUT2D eigenvalue weighted by atomic mass is 10.2. The number of nitrogens with one attached hydrogen (secondary N) is 2. The van der Waals surface area contributed by atoms with E-state index in [1.54, 1.807) is 13.1 Å². The van der Waals surface area contributed by atoms with Crippen molar-refractivity contribution in [3.05, 3.63) is 53.6 Å². The Morgan fingerprint density at radius 3 is 2.27 bits per heavy atom. The van der Waals surface area contributed by atoms with Crippen molar-refractivity contribution in [2.45, 2.75) is 26.9 Å². The van der Waals surface area contributed by atoms with Crippen LogP contribution >= 0.6 is 24.0 Å². The highest BCUT2D eigenvalue weighted by Gasteiger charge is 2.09. The number of aromatic nitrogens is 1. The maximum atomic E-state index is 14.3. The van der Waals surface area contributed by atoms with Gasteiger partial charge in [0.25, 0.3) is 0 Å². The standard InChI is InChI=1S/C19H28FN5.HI/c1-5-25(6-2)18-8-7-15(11-17(18)20)12-22-19(21-3)23-13-16-9-10-24(4)14-16;/h7-11,14H,5-6,12-13H2,1-4H3,(H2,21,22,23);1H. The molecule has 0 unspecified atom stereocenters. The van der Waals surface area contributed by atoms with Crippen LogP contribution in [0.15, 0.2) is 41.7 Å². The molecule has 0 aliphatic heterocycles. The first kappa shape index (κ1) is 22.3. The Morgan fingerprint density at radius 2 is 1.77 bits per heavy atom. The summed E-state index contributed by atoms with van der Waals surface area (Å²) in [7, 11) is 3.72. The molecular weight excluding hydrogens is 444 g/mol. The molecule has 1 aromatic heterocycles. The molecule has 1 heterocycles. The highest BCUT2D eigenvalue weighted by atomic mass is 127. The number of hydrogen-bond acceptors (Lipinski definition) is 2. The van der Waals surface area contributed by atoms with Crippen molar-refractivity contribution in [2.24, 2.45) is 12.0 Å². The molecule has 0 radical (unpaired) electrons. The Labute approximate surface area is 172 Å². The average molecular weight is 473 g/mol. The second kappa shape index (κ2) is 11.1. The van der Waals surface area contributed by atoms with Gasteiger partial charge in [0.2, 0.25) is 0 Å². The molecule has 0 amide bonds. The lowest BCUT2D eigenvalue weighted by Crippen LogP contribution is -2.36. The molecule has 2 N–H and O–H groups in total. The van der Waals surface area contributed by atoms with E-state index in [9.17, 15) is 4.39 Å². The van der Waals surface area contributed by atoms with Gasteiger partial charge in [-0.2, -0.15) is 0 Å². The topological polar surface area (TPSA) is 44.6 Å². The zero-order chi connectivity index (χ0) is 18.2. The molecule has 0 aliphatic carbocycles. The summed E-state index contributed by atoms with van der Waals surface area (Å²) in [4.78, 5) is 6.21. The van der Waals surface area contributed by atoms with E-state index in [1.807, 2.05) is 48.7 Å². The molecule has 7 heteroatoms. The third kappa shape index (κ3) is 6.19. The first-order chi connectivity index (χ1) is 12.1. The number of guanidine groups is 1. The lowest BCUT2D eigenvalue weighted by molar-refractivity contribution is 0.617. The van der Waals surface area contributed by atoms with E-state index in [0.29, 0.717) is 24.7 Å². The molecule has 0 spiro atoms. The number of benzene rings is 1. The summed E-state index contributed by atoms with van der Waals surface area (Å²) in [6, 6.07) is 7.44. The van der Waals surface area contributed by atoms with Gasteiger partial charge in [-0.15, -0.1) is 24.0 Å². The van der Waals surface area contributed by atoms with Gasteiger partial charge in [-0.25, -0.2) is 4.39 Å². The van der Waals surface area contributed by atoms with Crippen LogP contribution in [-0.2, 0) is 20.1 Å². The summed E-state index contributed by atoms with van der Waals surface area (Å²) in [5.74, 6) is 0.507. The van der Waals surface area contributed by atoms with Gasteiger partial charge in [0.15, 0.2) is 5.96 Å². The number of aryl methyl sites for hydroxylation is 1. The van der Waals surface area contributed by atoms with E-state index >= 15 is 0 Å². The number of rotatable bonds is 7. The molecule has 2 aromatic rings. The minimum absolute atomic E-state index is 0.